The van der Waals surface area contributed by atoms with Gasteiger partial charge in [0.25, 0.3) is 0 Å². The van der Waals surface area contributed by atoms with E-state index < -0.39 is 23.8 Å². The van der Waals surface area contributed by atoms with Crippen molar-refractivity contribution in [3.8, 4) is 0 Å². The van der Waals surface area contributed by atoms with Gasteiger partial charge in [0.05, 0.1) is 18.7 Å². The number of carbonyl (C=O) groups is 3. The van der Waals surface area contributed by atoms with Crippen LogP contribution in [0.15, 0.2) is 53.3 Å². The van der Waals surface area contributed by atoms with Gasteiger partial charge in [0.1, 0.15) is 11.8 Å². The van der Waals surface area contributed by atoms with Gasteiger partial charge in [-0.3, -0.25) is 9.59 Å². The number of para-hydroxylation sites is 1. The molecule has 29 heavy (non-hydrogen) atoms. The van der Waals surface area contributed by atoms with Crippen molar-refractivity contribution in [1.82, 2.24) is 15.2 Å². The fourth-order valence-corrected chi connectivity index (χ4v) is 3.70. The molecule has 8 nitrogen and oxygen atoms in total. The summed E-state index contributed by atoms with van der Waals surface area (Å²) >= 11 is 0. The van der Waals surface area contributed by atoms with E-state index in [1.54, 1.807) is 23.2 Å². The Morgan fingerprint density at radius 1 is 1.28 bits per heavy atom. The van der Waals surface area contributed by atoms with Crippen LogP contribution in [0.3, 0.4) is 0 Å². The summed E-state index contributed by atoms with van der Waals surface area (Å²) in [6, 6.07) is 10.0. The standard InChI is InChI=1S/C21H21N3O5/c25-19-9-14(11-24(19)12-15-4-3-7-29-15)20(26)23-18(21(27)28)8-13-10-22-17-6-2-1-5-16(13)17/h1-7,10,14,18,22H,8-9,11-12H2,(H,23,26)(H,27,28)/t14-,18+/m0/s1. The van der Waals surface area contributed by atoms with Gasteiger partial charge in [0.2, 0.25) is 11.8 Å². The third kappa shape index (κ3) is 4.01. The topological polar surface area (TPSA) is 116 Å². The second-order valence-electron chi connectivity index (χ2n) is 7.22. The van der Waals surface area contributed by atoms with E-state index in [1.807, 2.05) is 24.3 Å². The Balaban J connectivity index is 1.41. The first-order valence-corrected chi connectivity index (χ1v) is 9.39. The predicted molar refractivity (Wildman–Crippen MR) is 104 cm³/mol. The summed E-state index contributed by atoms with van der Waals surface area (Å²) in [4.78, 5) is 41.3. The molecule has 1 aliphatic rings. The number of carbonyl (C=O) groups excluding carboxylic acids is 2. The van der Waals surface area contributed by atoms with Crippen molar-refractivity contribution in [2.45, 2.75) is 25.4 Å². The smallest absolute Gasteiger partial charge is 0.326 e. The minimum atomic E-state index is -1.11. The van der Waals surface area contributed by atoms with Gasteiger partial charge >= 0.3 is 5.97 Å². The molecule has 3 aromatic rings. The molecule has 0 saturated carbocycles. The number of nitrogens with one attached hydrogen (secondary N) is 2. The number of carboxylic acid groups (broad SMARTS) is 1. The first-order valence-electron chi connectivity index (χ1n) is 9.39. The van der Waals surface area contributed by atoms with Gasteiger partial charge < -0.3 is 24.7 Å². The highest BCUT2D eigenvalue weighted by molar-refractivity contribution is 5.92. The van der Waals surface area contributed by atoms with Crippen LogP contribution in [0.1, 0.15) is 17.7 Å². The van der Waals surface area contributed by atoms with Gasteiger partial charge in [-0.05, 0) is 23.8 Å². The van der Waals surface area contributed by atoms with E-state index in [4.69, 9.17) is 4.42 Å². The maximum Gasteiger partial charge on any atom is 0.326 e. The molecule has 4 rings (SSSR count). The maximum absolute atomic E-state index is 12.7. The number of aromatic nitrogens is 1. The quantitative estimate of drug-likeness (QED) is 0.565. The summed E-state index contributed by atoms with van der Waals surface area (Å²) in [6.45, 7) is 0.540. The number of furan rings is 1. The maximum atomic E-state index is 12.7. The summed E-state index contributed by atoms with van der Waals surface area (Å²) in [6.07, 6.45) is 3.51. The Kier molecular flexibility index (Phi) is 5.07. The second-order valence-corrected chi connectivity index (χ2v) is 7.22. The van der Waals surface area contributed by atoms with Crippen LogP contribution < -0.4 is 5.32 Å². The molecule has 1 fully saturated rings. The number of benzene rings is 1. The van der Waals surface area contributed by atoms with E-state index in [1.165, 1.54) is 6.26 Å². The molecule has 150 valence electrons. The molecule has 3 heterocycles. The minimum absolute atomic E-state index is 0.0615. The molecule has 0 unspecified atom stereocenters. The predicted octanol–water partition coefficient (Wildman–Crippen LogP) is 1.92. The highest BCUT2D eigenvalue weighted by Gasteiger charge is 2.36. The van der Waals surface area contributed by atoms with Gasteiger partial charge in [0.15, 0.2) is 0 Å². The van der Waals surface area contributed by atoms with E-state index in [2.05, 4.69) is 10.3 Å². The molecule has 0 radical (unpaired) electrons. The van der Waals surface area contributed by atoms with Crippen LogP contribution in [0.5, 0.6) is 0 Å². The third-order valence-corrected chi connectivity index (χ3v) is 5.23. The number of likely N-dealkylation sites (tertiary alicyclic amines) is 1. The number of carboxylic acids is 1. The van der Waals surface area contributed by atoms with Crippen LogP contribution in [-0.4, -0.2) is 45.4 Å². The molecule has 0 spiro atoms. The average Bonchev–Trinajstić information content (AvgIpc) is 3.43. The lowest BCUT2D eigenvalue weighted by Crippen LogP contribution is -2.45. The highest BCUT2D eigenvalue weighted by Crippen LogP contribution is 2.22. The lowest BCUT2D eigenvalue weighted by Gasteiger charge is -2.18. The molecule has 1 saturated heterocycles. The molecule has 1 aromatic carbocycles. The van der Waals surface area contributed by atoms with Crippen LogP contribution in [0, 0.1) is 5.92 Å². The zero-order valence-electron chi connectivity index (χ0n) is 15.6. The minimum Gasteiger partial charge on any atom is -0.480 e. The number of nitrogens with zero attached hydrogens (tertiary/aromatic N) is 1. The fourth-order valence-electron chi connectivity index (χ4n) is 3.70. The summed E-state index contributed by atoms with van der Waals surface area (Å²) in [5, 5.41) is 13.1. The molecule has 2 amide bonds. The van der Waals surface area contributed by atoms with Crippen LogP contribution in [-0.2, 0) is 27.3 Å². The number of aromatic amines is 1. The number of aliphatic carboxylic acids is 1. The molecule has 8 heteroatoms. The lowest BCUT2D eigenvalue weighted by molar-refractivity contribution is -0.142. The van der Waals surface area contributed by atoms with Crippen LogP contribution in [0.2, 0.25) is 0 Å². The van der Waals surface area contributed by atoms with E-state index in [9.17, 15) is 19.5 Å². The number of rotatable bonds is 7. The monoisotopic (exact) mass is 395 g/mol. The Morgan fingerprint density at radius 3 is 2.86 bits per heavy atom. The van der Waals surface area contributed by atoms with Crippen LogP contribution in [0.4, 0.5) is 0 Å². The van der Waals surface area contributed by atoms with E-state index in [0.29, 0.717) is 12.3 Å². The van der Waals surface area contributed by atoms with Crippen molar-refractivity contribution in [2.24, 2.45) is 5.92 Å². The molecule has 2 aromatic heterocycles. The van der Waals surface area contributed by atoms with Gasteiger partial charge in [-0.25, -0.2) is 4.79 Å². The van der Waals surface area contributed by atoms with Crippen molar-refractivity contribution < 1.29 is 23.9 Å². The van der Waals surface area contributed by atoms with Crippen molar-refractivity contribution in [1.29, 1.82) is 0 Å². The first kappa shape index (κ1) is 18.8. The largest absolute Gasteiger partial charge is 0.480 e. The van der Waals surface area contributed by atoms with Crippen LogP contribution in [0.25, 0.3) is 10.9 Å². The molecular weight excluding hydrogens is 374 g/mol. The number of H-pyrrole nitrogens is 1. The van der Waals surface area contributed by atoms with Crippen molar-refractivity contribution in [3.63, 3.8) is 0 Å². The molecule has 3 N–H and O–H groups in total. The zero-order valence-corrected chi connectivity index (χ0v) is 15.6. The SMILES string of the molecule is O=C(N[C@H](Cc1c[nH]c2ccccc12)C(=O)O)[C@H]1CC(=O)N(Cc2ccco2)C1. The highest BCUT2D eigenvalue weighted by atomic mass is 16.4. The third-order valence-electron chi connectivity index (χ3n) is 5.23. The number of fused-ring (bicyclic) bond motifs is 1. The normalized spacial score (nSPS) is 17.6. The van der Waals surface area contributed by atoms with Gasteiger partial charge in [-0.1, -0.05) is 18.2 Å². The summed E-state index contributed by atoms with van der Waals surface area (Å²) in [7, 11) is 0. The van der Waals surface area contributed by atoms with Gasteiger partial charge in [-0.15, -0.1) is 0 Å². The summed E-state index contributed by atoms with van der Waals surface area (Å²) < 4.78 is 5.25. The van der Waals surface area contributed by atoms with E-state index in [-0.39, 0.29) is 25.3 Å². The molecule has 1 aliphatic heterocycles. The molecule has 0 aliphatic carbocycles. The second kappa shape index (κ2) is 7.83. The van der Waals surface area contributed by atoms with E-state index >= 15 is 0 Å². The Labute approximate surface area is 166 Å². The van der Waals surface area contributed by atoms with Crippen molar-refractivity contribution in [2.75, 3.05) is 6.54 Å². The number of hydrogen-bond acceptors (Lipinski definition) is 4. The number of amides is 2. The molecule has 2 atom stereocenters. The Bertz CT molecular complexity index is 1040. The molecule has 0 bridgehead atoms. The summed E-state index contributed by atoms with van der Waals surface area (Å²) in [5.74, 6) is -1.62. The Morgan fingerprint density at radius 2 is 2.10 bits per heavy atom. The van der Waals surface area contributed by atoms with E-state index in [0.717, 1.165) is 16.5 Å². The van der Waals surface area contributed by atoms with Gasteiger partial charge in [-0.2, -0.15) is 0 Å². The van der Waals surface area contributed by atoms with Crippen LogP contribution >= 0.6 is 0 Å². The van der Waals surface area contributed by atoms with Crippen molar-refractivity contribution >= 4 is 28.7 Å². The lowest BCUT2D eigenvalue weighted by atomic mass is 10.0. The fraction of sp³-hybridized carbons (Fsp3) is 0.286. The molecular formula is C21H21N3O5. The number of hydrogen-bond donors (Lipinski definition) is 3. The van der Waals surface area contributed by atoms with Gasteiger partial charge in [0, 0.05) is 36.5 Å². The zero-order chi connectivity index (χ0) is 20.4. The average molecular weight is 395 g/mol. The van der Waals surface area contributed by atoms with Crippen molar-refractivity contribution in [3.05, 3.63) is 60.2 Å². The first-order chi connectivity index (χ1) is 14.0. The summed E-state index contributed by atoms with van der Waals surface area (Å²) in [5.41, 5.74) is 1.73. The Hall–Kier alpha value is -3.55.